The Morgan fingerprint density at radius 3 is 2.79 bits per heavy atom. The average Bonchev–Trinajstić information content (AvgIpc) is 3.16. The molecule has 24 heavy (non-hydrogen) atoms. The van der Waals surface area contributed by atoms with Crippen LogP contribution >= 0.6 is 11.3 Å². The van der Waals surface area contributed by atoms with Crippen LogP contribution in [0.4, 0.5) is 0 Å². The monoisotopic (exact) mass is 366 g/mol. The summed E-state index contributed by atoms with van der Waals surface area (Å²) in [7, 11) is -3.35. The maximum Gasteiger partial charge on any atom is 0.250 e. The molecular weight excluding hydrogens is 344 g/mol. The molecule has 3 rings (SSSR count). The molecule has 7 heteroatoms. The maximum atomic E-state index is 12.0. The number of thiophene rings is 1. The number of nitrogens with one attached hydrogen (secondary N) is 1. The van der Waals surface area contributed by atoms with Crippen LogP contribution in [0.5, 0.6) is 0 Å². The molecule has 1 aliphatic heterocycles. The normalized spacial score (nSPS) is 19.4. The summed E-state index contributed by atoms with van der Waals surface area (Å²) in [6.45, 7) is 3.76. The zero-order valence-corrected chi connectivity index (χ0v) is 15.1. The first-order valence-electron chi connectivity index (χ1n) is 8.07. The number of benzene rings is 1. The molecule has 0 radical (unpaired) electrons. The van der Waals surface area contributed by atoms with Gasteiger partial charge < -0.3 is 4.74 Å². The first kappa shape index (κ1) is 17.6. The summed E-state index contributed by atoms with van der Waals surface area (Å²) in [5.41, 5.74) is 1.19. The highest BCUT2D eigenvalue weighted by Crippen LogP contribution is 2.22. The van der Waals surface area contributed by atoms with Crippen molar-refractivity contribution >= 4 is 21.4 Å². The molecule has 1 aromatic heterocycles. The molecule has 1 aliphatic rings. The Hall–Kier alpha value is -1.25. The van der Waals surface area contributed by atoms with Crippen LogP contribution < -0.4 is 4.72 Å². The van der Waals surface area contributed by atoms with Crippen molar-refractivity contribution in [2.45, 2.75) is 16.7 Å². The Kier molecular flexibility index (Phi) is 6.02. The lowest BCUT2D eigenvalue weighted by Crippen LogP contribution is -2.39. The van der Waals surface area contributed by atoms with Crippen molar-refractivity contribution in [2.75, 3.05) is 32.8 Å². The number of hydrogen-bond donors (Lipinski definition) is 1. The summed E-state index contributed by atoms with van der Waals surface area (Å²) in [6.07, 6.45) is 0.884. The third-order valence-corrected chi connectivity index (χ3v) is 6.88. The molecule has 1 atom stereocenters. The molecule has 1 N–H and O–H groups in total. The molecule has 0 spiro atoms. The second-order valence-corrected chi connectivity index (χ2v) is 8.70. The van der Waals surface area contributed by atoms with E-state index in [1.165, 1.54) is 16.9 Å². The van der Waals surface area contributed by atoms with Gasteiger partial charge in [0.15, 0.2) is 0 Å². The Balaban J connectivity index is 1.44. The van der Waals surface area contributed by atoms with Gasteiger partial charge in [-0.1, -0.05) is 36.4 Å². The highest BCUT2D eigenvalue weighted by atomic mass is 32.2. The molecule has 1 fully saturated rings. The van der Waals surface area contributed by atoms with Gasteiger partial charge in [0, 0.05) is 19.6 Å². The molecule has 5 nitrogen and oxygen atoms in total. The van der Waals surface area contributed by atoms with Gasteiger partial charge in [0.05, 0.1) is 12.7 Å². The van der Waals surface area contributed by atoms with Crippen LogP contribution in [0.15, 0.2) is 52.1 Å². The van der Waals surface area contributed by atoms with Crippen molar-refractivity contribution in [3.8, 4) is 0 Å². The minimum Gasteiger partial charge on any atom is -0.371 e. The van der Waals surface area contributed by atoms with E-state index in [9.17, 15) is 8.42 Å². The zero-order valence-electron chi connectivity index (χ0n) is 13.4. The summed E-state index contributed by atoms with van der Waals surface area (Å²) in [6, 6.07) is 13.6. The lowest BCUT2D eigenvalue weighted by molar-refractivity contribution is -0.0300. The third-order valence-electron chi connectivity index (χ3n) is 4.03. The quantitative estimate of drug-likeness (QED) is 0.765. The molecular formula is C17H22N2O3S2. The fourth-order valence-corrected chi connectivity index (χ4v) is 4.88. The van der Waals surface area contributed by atoms with Crippen LogP contribution in [-0.2, 0) is 14.8 Å². The number of sulfonamides is 1. The van der Waals surface area contributed by atoms with Crippen molar-refractivity contribution in [3.05, 3.63) is 53.4 Å². The van der Waals surface area contributed by atoms with E-state index in [1.807, 2.05) is 18.2 Å². The smallest absolute Gasteiger partial charge is 0.250 e. The van der Waals surface area contributed by atoms with E-state index < -0.39 is 10.0 Å². The van der Waals surface area contributed by atoms with E-state index in [4.69, 9.17) is 4.74 Å². The predicted molar refractivity (Wildman–Crippen MR) is 95.7 cm³/mol. The molecule has 0 unspecified atom stereocenters. The lowest BCUT2D eigenvalue weighted by Gasteiger charge is -2.33. The first-order valence-corrected chi connectivity index (χ1v) is 10.4. The van der Waals surface area contributed by atoms with Gasteiger partial charge in [-0.05, 0) is 30.0 Å². The summed E-state index contributed by atoms with van der Waals surface area (Å²) < 4.78 is 33.0. The molecule has 1 saturated heterocycles. The highest BCUT2D eigenvalue weighted by Gasteiger charge is 2.21. The van der Waals surface area contributed by atoms with Gasteiger partial charge in [0.25, 0.3) is 0 Å². The molecule has 2 heterocycles. The van der Waals surface area contributed by atoms with Crippen molar-refractivity contribution < 1.29 is 13.2 Å². The second-order valence-electron chi connectivity index (χ2n) is 5.75. The number of rotatable bonds is 7. The van der Waals surface area contributed by atoms with Crippen molar-refractivity contribution in [1.29, 1.82) is 0 Å². The summed E-state index contributed by atoms with van der Waals surface area (Å²) in [4.78, 5) is 2.33. The van der Waals surface area contributed by atoms with E-state index in [0.29, 0.717) is 17.4 Å². The summed E-state index contributed by atoms with van der Waals surface area (Å²) in [5.74, 6) is 0. The summed E-state index contributed by atoms with van der Waals surface area (Å²) >= 11 is 1.24. The average molecular weight is 367 g/mol. The van der Waals surface area contributed by atoms with Gasteiger partial charge in [-0.25, -0.2) is 13.1 Å². The maximum absolute atomic E-state index is 12.0. The minimum atomic E-state index is -3.35. The SMILES string of the molecule is O=S(=O)(NCCCN1CCO[C@@H](c2ccccc2)C1)c1cccs1. The molecule has 0 bridgehead atoms. The van der Waals surface area contributed by atoms with Crippen LogP contribution in [0.1, 0.15) is 18.1 Å². The summed E-state index contributed by atoms with van der Waals surface area (Å²) in [5, 5.41) is 1.77. The molecule has 0 saturated carbocycles. The van der Waals surface area contributed by atoms with Crippen molar-refractivity contribution in [1.82, 2.24) is 9.62 Å². The van der Waals surface area contributed by atoms with E-state index in [-0.39, 0.29) is 6.10 Å². The van der Waals surface area contributed by atoms with Crippen LogP contribution in [0.3, 0.4) is 0 Å². The third kappa shape index (κ3) is 4.64. The Bertz CT molecular complexity index is 718. The lowest BCUT2D eigenvalue weighted by atomic mass is 10.1. The van der Waals surface area contributed by atoms with Crippen LogP contribution in [0, 0.1) is 0 Å². The van der Waals surface area contributed by atoms with E-state index in [2.05, 4.69) is 21.8 Å². The van der Waals surface area contributed by atoms with Crippen LogP contribution in [-0.4, -0.2) is 46.1 Å². The number of ether oxygens (including phenoxy) is 1. The Morgan fingerprint density at radius 1 is 1.21 bits per heavy atom. The zero-order chi connectivity index (χ0) is 16.8. The van der Waals surface area contributed by atoms with Gasteiger partial charge in [0.1, 0.15) is 4.21 Å². The molecule has 0 amide bonds. The molecule has 2 aromatic rings. The number of morpholine rings is 1. The van der Waals surface area contributed by atoms with Gasteiger partial charge in [0.2, 0.25) is 10.0 Å². The standard InChI is InChI=1S/C17H22N2O3S2/c20-24(21,17-8-4-13-23-17)18-9-5-10-19-11-12-22-16(14-19)15-6-2-1-3-7-15/h1-4,6-8,13,16,18H,5,9-12,14H2/t16-/m1/s1. The number of hydrogen-bond acceptors (Lipinski definition) is 5. The van der Waals surface area contributed by atoms with E-state index >= 15 is 0 Å². The largest absolute Gasteiger partial charge is 0.371 e. The minimum absolute atomic E-state index is 0.0998. The van der Waals surface area contributed by atoms with Crippen molar-refractivity contribution in [2.24, 2.45) is 0 Å². The fraction of sp³-hybridized carbons (Fsp3) is 0.412. The van der Waals surface area contributed by atoms with E-state index in [1.54, 1.807) is 17.5 Å². The second kappa shape index (κ2) is 8.22. The number of nitrogens with zero attached hydrogens (tertiary/aromatic N) is 1. The van der Waals surface area contributed by atoms with E-state index in [0.717, 1.165) is 26.1 Å². The van der Waals surface area contributed by atoms with Gasteiger partial charge in [-0.3, -0.25) is 4.90 Å². The van der Waals surface area contributed by atoms with Crippen molar-refractivity contribution in [3.63, 3.8) is 0 Å². The molecule has 1 aromatic carbocycles. The predicted octanol–water partition coefficient (Wildman–Crippen LogP) is 2.49. The van der Waals surface area contributed by atoms with Crippen LogP contribution in [0.2, 0.25) is 0 Å². The Morgan fingerprint density at radius 2 is 2.04 bits per heavy atom. The van der Waals surface area contributed by atoms with Crippen LogP contribution in [0.25, 0.3) is 0 Å². The molecule has 130 valence electrons. The highest BCUT2D eigenvalue weighted by molar-refractivity contribution is 7.91. The fourth-order valence-electron chi connectivity index (χ4n) is 2.77. The first-order chi connectivity index (χ1) is 11.6. The van der Waals surface area contributed by atoms with Gasteiger partial charge >= 0.3 is 0 Å². The topological polar surface area (TPSA) is 58.6 Å². The van der Waals surface area contributed by atoms with Gasteiger partial charge in [-0.2, -0.15) is 0 Å². The molecule has 0 aliphatic carbocycles. The Labute approximate surface area is 147 Å². The van der Waals surface area contributed by atoms with Gasteiger partial charge in [-0.15, -0.1) is 11.3 Å².